The van der Waals surface area contributed by atoms with Crippen LogP contribution in [0, 0.1) is 0 Å². The number of thioether (sulfide) groups is 1. The van der Waals surface area contributed by atoms with Crippen molar-refractivity contribution < 1.29 is 4.79 Å². The first-order chi connectivity index (χ1) is 7.84. The Morgan fingerprint density at radius 1 is 1.12 bits per heavy atom. The van der Waals surface area contributed by atoms with Crippen LogP contribution in [0.4, 0.5) is 0 Å². The lowest BCUT2D eigenvalue weighted by Crippen LogP contribution is -2.32. The molecule has 16 heavy (non-hydrogen) atoms. The van der Waals surface area contributed by atoms with Gasteiger partial charge in [0.25, 0.3) is 0 Å². The first kappa shape index (κ1) is 13.8. The molecule has 1 rings (SSSR count). The summed E-state index contributed by atoms with van der Waals surface area (Å²) in [5, 5.41) is 0. The van der Waals surface area contributed by atoms with Crippen LogP contribution in [0.3, 0.4) is 0 Å². The fourth-order valence-electron chi connectivity index (χ4n) is 1.93. The van der Waals surface area contributed by atoms with Crippen molar-refractivity contribution in [3.05, 3.63) is 0 Å². The van der Waals surface area contributed by atoms with Gasteiger partial charge in [-0.25, -0.2) is 0 Å². The Balaban J connectivity index is 2.08. The lowest BCUT2D eigenvalue weighted by Gasteiger charge is -2.19. The molecule has 2 N–H and O–H groups in total. The molecule has 1 aliphatic heterocycles. The van der Waals surface area contributed by atoms with Gasteiger partial charge in [0, 0.05) is 25.3 Å². The maximum absolute atomic E-state index is 11.9. The second kappa shape index (κ2) is 8.88. The van der Waals surface area contributed by atoms with Gasteiger partial charge in [0.05, 0.1) is 0 Å². The number of hydrogen-bond donors (Lipinski definition) is 1. The van der Waals surface area contributed by atoms with Crippen LogP contribution in [0.1, 0.15) is 38.5 Å². The lowest BCUT2D eigenvalue weighted by atomic mass is 10.1. The summed E-state index contributed by atoms with van der Waals surface area (Å²) in [6.45, 7) is 2.69. The number of rotatable bonds is 6. The molecule has 0 aromatic rings. The maximum atomic E-state index is 11.9. The zero-order valence-corrected chi connectivity index (χ0v) is 10.9. The second-order valence-electron chi connectivity index (χ2n) is 4.30. The Morgan fingerprint density at radius 2 is 1.94 bits per heavy atom. The van der Waals surface area contributed by atoms with Crippen LogP contribution in [-0.4, -0.2) is 41.9 Å². The zero-order chi connectivity index (χ0) is 11.6. The first-order valence-corrected chi connectivity index (χ1v) is 7.55. The summed E-state index contributed by atoms with van der Waals surface area (Å²) in [7, 11) is 0. The lowest BCUT2D eigenvalue weighted by molar-refractivity contribution is -0.131. The van der Waals surface area contributed by atoms with Crippen molar-refractivity contribution in [2.75, 3.05) is 31.1 Å². The highest BCUT2D eigenvalue weighted by Gasteiger charge is 2.14. The molecule has 0 spiro atoms. The SMILES string of the molecule is NCCCCCCC(=O)N1CCCSCC1. The van der Waals surface area contributed by atoms with E-state index in [1.54, 1.807) is 0 Å². The average Bonchev–Trinajstić information content (AvgIpc) is 2.57. The molecule has 1 heterocycles. The van der Waals surface area contributed by atoms with E-state index < -0.39 is 0 Å². The molecule has 1 fully saturated rings. The third-order valence-electron chi connectivity index (χ3n) is 2.92. The van der Waals surface area contributed by atoms with E-state index in [-0.39, 0.29) is 0 Å². The normalized spacial score (nSPS) is 17.2. The van der Waals surface area contributed by atoms with E-state index in [1.807, 2.05) is 16.7 Å². The fraction of sp³-hybridized carbons (Fsp3) is 0.917. The molecule has 1 saturated heterocycles. The van der Waals surface area contributed by atoms with Crippen molar-refractivity contribution in [3.8, 4) is 0 Å². The first-order valence-electron chi connectivity index (χ1n) is 6.40. The zero-order valence-electron chi connectivity index (χ0n) is 10.1. The predicted molar refractivity (Wildman–Crippen MR) is 70.7 cm³/mol. The minimum Gasteiger partial charge on any atom is -0.342 e. The number of carbonyl (C=O) groups is 1. The molecule has 0 aromatic carbocycles. The van der Waals surface area contributed by atoms with Crippen LogP contribution in [0.2, 0.25) is 0 Å². The van der Waals surface area contributed by atoms with Crippen molar-refractivity contribution >= 4 is 17.7 Å². The van der Waals surface area contributed by atoms with Crippen LogP contribution in [-0.2, 0) is 4.79 Å². The highest BCUT2D eigenvalue weighted by molar-refractivity contribution is 7.99. The molecule has 0 aromatic heterocycles. The van der Waals surface area contributed by atoms with Gasteiger partial charge in [0.1, 0.15) is 0 Å². The molecule has 4 heteroatoms. The van der Waals surface area contributed by atoms with Crippen LogP contribution in [0.15, 0.2) is 0 Å². The average molecular weight is 244 g/mol. The molecule has 0 bridgehead atoms. The molecule has 3 nitrogen and oxygen atoms in total. The highest BCUT2D eigenvalue weighted by Crippen LogP contribution is 2.12. The van der Waals surface area contributed by atoms with Gasteiger partial charge in [-0.3, -0.25) is 4.79 Å². The molecular formula is C12H24N2OS. The van der Waals surface area contributed by atoms with Crippen molar-refractivity contribution in [1.29, 1.82) is 0 Å². The molecule has 1 amide bonds. The second-order valence-corrected chi connectivity index (χ2v) is 5.52. The molecule has 0 aliphatic carbocycles. The quantitative estimate of drug-likeness (QED) is 0.726. The van der Waals surface area contributed by atoms with Crippen LogP contribution >= 0.6 is 11.8 Å². The molecule has 0 saturated carbocycles. The highest BCUT2D eigenvalue weighted by atomic mass is 32.2. The van der Waals surface area contributed by atoms with Crippen molar-refractivity contribution in [2.45, 2.75) is 38.5 Å². The van der Waals surface area contributed by atoms with Gasteiger partial charge in [0.15, 0.2) is 0 Å². The molecular weight excluding hydrogens is 220 g/mol. The minimum atomic E-state index is 0.357. The Kier molecular flexibility index (Phi) is 7.68. The Labute approximate surface area is 103 Å². The van der Waals surface area contributed by atoms with Crippen molar-refractivity contribution in [2.24, 2.45) is 5.73 Å². The largest absolute Gasteiger partial charge is 0.342 e. The van der Waals surface area contributed by atoms with Gasteiger partial charge in [-0.2, -0.15) is 11.8 Å². The standard InChI is InChI=1S/C12H24N2OS/c13-7-4-2-1-3-6-12(15)14-8-5-10-16-11-9-14/h1-11,13H2. The fourth-order valence-corrected chi connectivity index (χ4v) is 2.81. The summed E-state index contributed by atoms with van der Waals surface area (Å²) in [5.41, 5.74) is 5.43. The third kappa shape index (κ3) is 5.75. The molecule has 0 unspecified atom stereocenters. The van der Waals surface area contributed by atoms with E-state index in [0.29, 0.717) is 5.91 Å². The van der Waals surface area contributed by atoms with Gasteiger partial charge >= 0.3 is 0 Å². The summed E-state index contributed by atoms with van der Waals surface area (Å²) < 4.78 is 0. The topological polar surface area (TPSA) is 46.3 Å². The maximum Gasteiger partial charge on any atom is 0.222 e. The predicted octanol–water partition coefficient (Wildman–Crippen LogP) is 1.86. The number of nitrogens with zero attached hydrogens (tertiary/aromatic N) is 1. The Bertz CT molecular complexity index is 191. The summed E-state index contributed by atoms with van der Waals surface area (Å²) in [4.78, 5) is 13.9. The van der Waals surface area contributed by atoms with Gasteiger partial charge in [-0.15, -0.1) is 0 Å². The van der Waals surface area contributed by atoms with Crippen LogP contribution in [0.25, 0.3) is 0 Å². The van der Waals surface area contributed by atoms with Gasteiger partial charge < -0.3 is 10.6 Å². The number of amides is 1. The summed E-state index contributed by atoms with van der Waals surface area (Å²) in [6.07, 6.45) is 6.32. The van der Waals surface area contributed by atoms with E-state index in [4.69, 9.17) is 5.73 Å². The van der Waals surface area contributed by atoms with Gasteiger partial charge in [0.2, 0.25) is 5.91 Å². The minimum absolute atomic E-state index is 0.357. The Morgan fingerprint density at radius 3 is 2.75 bits per heavy atom. The van der Waals surface area contributed by atoms with E-state index >= 15 is 0 Å². The van der Waals surface area contributed by atoms with Crippen LogP contribution < -0.4 is 5.73 Å². The summed E-state index contributed by atoms with van der Waals surface area (Å²) >= 11 is 1.96. The smallest absolute Gasteiger partial charge is 0.222 e. The number of nitrogens with two attached hydrogens (primary N) is 1. The third-order valence-corrected chi connectivity index (χ3v) is 3.97. The number of hydrogen-bond acceptors (Lipinski definition) is 3. The molecule has 1 aliphatic rings. The molecule has 0 atom stereocenters. The van der Waals surface area contributed by atoms with Crippen molar-refractivity contribution in [1.82, 2.24) is 4.90 Å². The van der Waals surface area contributed by atoms with Crippen LogP contribution in [0.5, 0.6) is 0 Å². The van der Waals surface area contributed by atoms with Gasteiger partial charge in [-0.05, 0) is 31.6 Å². The van der Waals surface area contributed by atoms with E-state index in [0.717, 1.165) is 57.5 Å². The summed E-state index contributed by atoms with van der Waals surface area (Å²) in [5.74, 6) is 2.68. The van der Waals surface area contributed by atoms with E-state index in [9.17, 15) is 4.79 Å². The molecule has 94 valence electrons. The summed E-state index contributed by atoms with van der Waals surface area (Å²) in [6, 6.07) is 0. The molecule has 0 radical (unpaired) electrons. The van der Waals surface area contributed by atoms with Gasteiger partial charge in [-0.1, -0.05) is 12.8 Å². The number of unbranched alkanes of at least 4 members (excludes halogenated alkanes) is 3. The number of carbonyl (C=O) groups excluding carboxylic acids is 1. The Hall–Kier alpha value is -0.220. The monoisotopic (exact) mass is 244 g/mol. The van der Waals surface area contributed by atoms with E-state index in [1.165, 1.54) is 12.2 Å². The van der Waals surface area contributed by atoms with Crippen molar-refractivity contribution in [3.63, 3.8) is 0 Å². The van der Waals surface area contributed by atoms with E-state index in [2.05, 4.69) is 0 Å².